The Morgan fingerprint density at radius 3 is 3.19 bits per heavy atom. The Morgan fingerprint density at radius 2 is 2.38 bits per heavy atom. The Morgan fingerprint density at radius 1 is 1.52 bits per heavy atom. The van der Waals surface area contributed by atoms with Gasteiger partial charge in [0.05, 0.1) is 11.2 Å². The van der Waals surface area contributed by atoms with Gasteiger partial charge >= 0.3 is 0 Å². The second-order valence-electron chi connectivity index (χ2n) is 6.03. The minimum atomic E-state index is -3.04. The highest BCUT2D eigenvalue weighted by Gasteiger charge is 2.54. The maximum Gasteiger partial charge on any atom is 0.119 e. The van der Waals surface area contributed by atoms with Crippen LogP contribution in [0.2, 0.25) is 0 Å². The summed E-state index contributed by atoms with van der Waals surface area (Å²) in [5, 5.41) is 0. The van der Waals surface area contributed by atoms with Gasteiger partial charge in [0.2, 0.25) is 0 Å². The normalized spacial score (nSPS) is 60.3. The molecule has 1 heterocycles. The third-order valence-electron chi connectivity index (χ3n) is 4.85. The third-order valence-corrected chi connectivity index (χ3v) is 4.85. The molecule has 1 aliphatic heterocycles. The zero-order chi connectivity index (χ0) is 24.4. The molecule has 1 saturated heterocycles. The van der Waals surface area contributed by atoms with E-state index in [1.165, 1.54) is 7.11 Å². The molecule has 2 bridgehead atoms. The Balaban J connectivity index is 2.27. The molecule has 1 saturated carbocycles. The summed E-state index contributed by atoms with van der Waals surface area (Å²) in [6, 6.07) is -2.03. The van der Waals surface area contributed by atoms with E-state index in [1.54, 1.807) is 11.9 Å². The van der Waals surface area contributed by atoms with Crippen LogP contribution < -0.4 is 4.74 Å². The molecule has 0 radical (unpaired) electrons. The van der Waals surface area contributed by atoms with Gasteiger partial charge in [-0.3, -0.25) is 0 Å². The molecular formula is C19H27NO. The van der Waals surface area contributed by atoms with E-state index in [-0.39, 0.29) is 48.3 Å². The molecule has 4 rings (SSSR count). The lowest BCUT2D eigenvalue weighted by Gasteiger charge is -2.59. The van der Waals surface area contributed by atoms with Gasteiger partial charge in [-0.05, 0) is 80.6 Å². The SMILES string of the molecule is [2H]c1c([2H])c(OC)c([2H])c2c1C[C@@H]1N(C)CC[C@]23C([2H])([2H])C([2H])([2H])C([2H])(C)C([2H])([2H])[C@]13[2H]. The fourth-order valence-corrected chi connectivity index (χ4v) is 3.70. The Hall–Kier alpha value is -1.02. The fraction of sp³-hybridized carbons (Fsp3) is 0.684. The number of likely N-dealkylation sites (tertiary alicyclic amines) is 1. The van der Waals surface area contributed by atoms with E-state index in [0.717, 1.165) is 6.92 Å². The Kier molecular flexibility index (Phi) is 1.41. The number of likely N-dealkylation sites (N-methyl/N-ethyl adjacent to an activating group) is 1. The fourth-order valence-electron chi connectivity index (χ4n) is 3.70. The first kappa shape index (κ1) is 6.23. The number of nitrogens with zero attached hydrogens (tertiary/aromatic N) is 1. The minimum absolute atomic E-state index is 0.0770. The van der Waals surface area contributed by atoms with Crippen LogP contribution in [0.1, 0.15) is 58.7 Å². The zero-order valence-corrected chi connectivity index (χ0v) is 12.6. The highest BCUT2D eigenvalue weighted by atomic mass is 16.5. The number of benzene rings is 1. The van der Waals surface area contributed by atoms with Crippen LogP contribution in [0.5, 0.6) is 5.75 Å². The van der Waals surface area contributed by atoms with Gasteiger partial charge in [-0.25, -0.2) is 0 Å². The van der Waals surface area contributed by atoms with Crippen LogP contribution >= 0.6 is 0 Å². The topological polar surface area (TPSA) is 12.5 Å². The van der Waals surface area contributed by atoms with E-state index in [0.29, 0.717) is 0 Å². The Bertz CT molecular complexity index is 1010. The van der Waals surface area contributed by atoms with E-state index in [9.17, 15) is 1.37 Å². The van der Waals surface area contributed by atoms with Gasteiger partial charge in [0.15, 0.2) is 0 Å². The van der Waals surface area contributed by atoms with Crippen LogP contribution in [0.3, 0.4) is 0 Å². The lowest BCUT2D eigenvalue weighted by Crippen LogP contribution is -2.60. The average Bonchev–Trinajstić information content (AvgIpc) is 2.68. The summed E-state index contributed by atoms with van der Waals surface area (Å²) in [6.07, 6.45) is -9.05. The highest BCUT2D eigenvalue weighted by molar-refractivity contribution is 5.45. The summed E-state index contributed by atoms with van der Waals surface area (Å²) in [6.45, 7) is 1.23. The van der Waals surface area contributed by atoms with Gasteiger partial charge in [-0.15, -0.1) is 0 Å². The summed E-state index contributed by atoms with van der Waals surface area (Å²) in [5.41, 5.74) is -2.14. The molecule has 1 aromatic rings. The highest BCUT2D eigenvalue weighted by Crippen LogP contribution is 2.56. The number of methoxy groups -OCH3 is 1. The lowest BCUT2D eigenvalue weighted by atomic mass is 9.51. The minimum Gasteiger partial charge on any atom is -0.497 e. The molecule has 0 amide bonds. The van der Waals surface area contributed by atoms with Crippen molar-refractivity contribution in [1.82, 2.24) is 4.90 Å². The van der Waals surface area contributed by atoms with E-state index in [1.807, 2.05) is 0 Å². The predicted molar refractivity (Wildman–Crippen MR) is 85.9 cm³/mol. The molecule has 1 aromatic carbocycles. The molecule has 0 spiro atoms. The van der Waals surface area contributed by atoms with Gasteiger partial charge in [0, 0.05) is 22.4 Å². The van der Waals surface area contributed by atoms with Crippen LogP contribution in [-0.2, 0) is 11.8 Å². The summed E-state index contributed by atoms with van der Waals surface area (Å²) in [7, 11) is 2.89. The molecule has 2 aliphatic carbocycles. The maximum absolute atomic E-state index is 9.61. The van der Waals surface area contributed by atoms with Gasteiger partial charge < -0.3 is 9.64 Å². The second kappa shape index (κ2) is 4.74. The first-order valence-electron chi connectivity index (χ1n) is 12.8. The number of piperidine rings is 1. The molecule has 21 heavy (non-hydrogen) atoms. The van der Waals surface area contributed by atoms with Crippen molar-refractivity contribution < 1.29 is 19.8 Å². The van der Waals surface area contributed by atoms with Crippen molar-refractivity contribution in [3.05, 3.63) is 29.3 Å². The molecule has 1 unspecified atom stereocenters. The first-order chi connectivity index (χ1) is 14.4. The average molecular weight is 296 g/mol. The molecule has 0 aromatic heterocycles. The van der Waals surface area contributed by atoms with Gasteiger partial charge in [-0.1, -0.05) is 13.0 Å². The van der Waals surface area contributed by atoms with Crippen molar-refractivity contribution in [2.24, 2.45) is 11.8 Å². The summed E-state index contributed by atoms with van der Waals surface area (Å²) < 4.78 is 102. The standard InChI is InChI=1S/C19H27NO/c1-13-6-7-19-8-9-20(2)18(17(19)10-13)11-14-4-5-15(21-3)12-16(14)19/h4-5,12-13,17-18H,6-11H2,1-3H3/t13?,17-,18+,19-/m1/s1/i4D,5D,6D2,7D2,10D2,12D,13D,17D. The van der Waals surface area contributed by atoms with Crippen molar-refractivity contribution in [3.8, 4) is 5.75 Å². The van der Waals surface area contributed by atoms with Crippen LogP contribution in [-0.4, -0.2) is 31.6 Å². The summed E-state index contributed by atoms with van der Waals surface area (Å²) in [5.74, 6) is -5.24. The predicted octanol–water partition coefficient (Wildman–Crippen LogP) is 3.63. The molecule has 3 aliphatic rings. The number of fused-ring (bicyclic) bond motifs is 1. The van der Waals surface area contributed by atoms with Gasteiger partial charge in [-0.2, -0.15) is 0 Å². The summed E-state index contributed by atoms with van der Waals surface area (Å²) >= 11 is 0. The van der Waals surface area contributed by atoms with Crippen LogP contribution in [0.4, 0.5) is 0 Å². The van der Waals surface area contributed by atoms with Crippen LogP contribution in [0, 0.1) is 11.8 Å². The van der Waals surface area contributed by atoms with E-state index < -0.39 is 48.4 Å². The molecule has 2 fully saturated rings. The first-order valence-corrected chi connectivity index (χ1v) is 7.29. The zero-order valence-electron chi connectivity index (χ0n) is 23.6. The van der Waals surface area contributed by atoms with Gasteiger partial charge in [0.1, 0.15) is 5.75 Å². The van der Waals surface area contributed by atoms with Crippen LogP contribution in [0.25, 0.3) is 0 Å². The van der Waals surface area contributed by atoms with Crippen molar-refractivity contribution in [2.75, 3.05) is 20.7 Å². The monoisotopic (exact) mass is 296 g/mol. The van der Waals surface area contributed by atoms with E-state index in [2.05, 4.69) is 0 Å². The third kappa shape index (κ3) is 1.88. The van der Waals surface area contributed by atoms with Crippen LogP contribution in [0.15, 0.2) is 18.1 Å². The molecule has 2 nitrogen and oxygen atoms in total. The maximum atomic E-state index is 9.61. The molecule has 114 valence electrons. The quantitative estimate of drug-likeness (QED) is 0.784. The Labute approximate surface area is 143 Å². The number of hydrogen-bond acceptors (Lipinski definition) is 2. The second-order valence-corrected chi connectivity index (χ2v) is 6.03. The van der Waals surface area contributed by atoms with Crippen molar-refractivity contribution in [1.29, 1.82) is 0 Å². The van der Waals surface area contributed by atoms with Crippen molar-refractivity contribution >= 4 is 0 Å². The number of rotatable bonds is 1. The lowest BCUT2D eigenvalue weighted by molar-refractivity contribution is -0.0112. The summed E-state index contributed by atoms with van der Waals surface area (Å²) in [4.78, 5) is 1.70. The molecule has 2 heteroatoms. The molecule has 0 N–H and O–H groups in total. The molecule has 4 atom stereocenters. The van der Waals surface area contributed by atoms with Gasteiger partial charge in [0.25, 0.3) is 0 Å². The molecular weight excluding hydrogens is 258 g/mol. The van der Waals surface area contributed by atoms with E-state index >= 15 is 0 Å². The largest absolute Gasteiger partial charge is 0.497 e. The van der Waals surface area contributed by atoms with Crippen molar-refractivity contribution in [2.45, 2.75) is 50.3 Å². The number of ether oxygens (including phenoxy) is 1. The van der Waals surface area contributed by atoms with Crippen molar-refractivity contribution in [3.63, 3.8) is 0 Å². The number of hydrogen-bond donors (Lipinski definition) is 0. The van der Waals surface area contributed by atoms with E-state index in [4.69, 9.17) is 18.4 Å². The smallest absolute Gasteiger partial charge is 0.119 e.